The van der Waals surface area contributed by atoms with Gasteiger partial charge in [-0.05, 0) is 46.7 Å². The summed E-state index contributed by atoms with van der Waals surface area (Å²) < 4.78 is 0. The van der Waals surface area contributed by atoms with Gasteiger partial charge in [-0.1, -0.05) is 103 Å². The summed E-state index contributed by atoms with van der Waals surface area (Å²) in [4.78, 5) is 59.1. The first-order valence-electron chi connectivity index (χ1n) is 15.6. The lowest BCUT2D eigenvalue weighted by atomic mass is 9.56. The van der Waals surface area contributed by atoms with E-state index in [9.17, 15) is 24.3 Å². The number of likely N-dealkylation sites (tertiary alicyclic amines) is 2. The lowest BCUT2D eigenvalue weighted by molar-refractivity contribution is -0.142. The first kappa shape index (κ1) is 27.5. The smallest absolute Gasteiger partial charge is 0.234 e. The molecule has 2 aliphatic heterocycles. The van der Waals surface area contributed by atoms with E-state index in [-0.39, 0.29) is 42.5 Å². The van der Waals surface area contributed by atoms with Gasteiger partial charge in [-0.15, -0.1) is 0 Å². The van der Waals surface area contributed by atoms with E-state index in [2.05, 4.69) is 0 Å². The van der Waals surface area contributed by atoms with E-state index < -0.39 is 35.5 Å². The second-order valence-corrected chi connectivity index (χ2v) is 12.7. The Morgan fingerprint density at radius 2 is 1.18 bits per heavy atom. The fourth-order valence-electron chi connectivity index (χ4n) is 8.49. The standard InChI is InChI=1S/C38H32N2O5/c41-30-18-15-24-13-7-8-14-25(24)32(30)33-26-16-17-27-31(37(44)39(35(27)42)20-22-9-3-1-4-10-22)28(26)19-29-34(33)38(45)40(36(29)43)21-23-11-5-2-6-12-23/h1-16,18,27-29,31,33-34,41H,17,19-21H2. The molecule has 0 aromatic heterocycles. The molecule has 4 aromatic carbocycles. The van der Waals surface area contributed by atoms with Crippen molar-refractivity contribution in [3.8, 4) is 5.75 Å². The molecule has 7 nitrogen and oxygen atoms in total. The van der Waals surface area contributed by atoms with Crippen molar-refractivity contribution < 1.29 is 24.3 Å². The average molecular weight is 597 g/mol. The van der Waals surface area contributed by atoms with Crippen molar-refractivity contribution >= 4 is 34.4 Å². The maximum Gasteiger partial charge on any atom is 0.234 e. The SMILES string of the molecule is O=C1C2CC=C3C(CC4C(=O)N(Cc5ccccc5)C(=O)C4C3c3c(O)ccc4ccccc34)C2C(=O)N1Cc1ccccc1. The number of allylic oxidation sites excluding steroid dienone is 2. The summed E-state index contributed by atoms with van der Waals surface area (Å²) in [5, 5.41) is 13.2. The highest BCUT2D eigenvalue weighted by Gasteiger charge is 2.62. The van der Waals surface area contributed by atoms with Gasteiger partial charge in [0.1, 0.15) is 5.75 Å². The molecular formula is C38H32N2O5. The van der Waals surface area contributed by atoms with Crippen molar-refractivity contribution in [3.63, 3.8) is 0 Å². The Morgan fingerprint density at radius 3 is 1.84 bits per heavy atom. The summed E-state index contributed by atoms with van der Waals surface area (Å²) in [7, 11) is 0. The fourth-order valence-corrected chi connectivity index (χ4v) is 8.49. The second kappa shape index (κ2) is 10.5. The Labute approximate surface area is 260 Å². The van der Waals surface area contributed by atoms with E-state index in [0.29, 0.717) is 18.4 Å². The highest BCUT2D eigenvalue weighted by Crippen LogP contribution is 2.59. The molecule has 4 aromatic rings. The van der Waals surface area contributed by atoms with Crippen LogP contribution in [0.5, 0.6) is 5.75 Å². The van der Waals surface area contributed by atoms with Gasteiger partial charge in [-0.2, -0.15) is 0 Å². The molecule has 4 amide bonds. The lowest BCUT2D eigenvalue weighted by Gasteiger charge is -2.44. The van der Waals surface area contributed by atoms with Crippen LogP contribution in [0.15, 0.2) is 109 Å². The molecule has 1 N–H and O–H groups in total. The molecule has 0 spiro atoms. The molecule has 6 unspecified atom stereocenters. The number of carbonyl (C=O) groups is 4. The Balaban J connectivity index is 1.24. The minimum atomic E-state index is -0.718. The zero-order valence-corrected chi connectivity index (χ0v) is 24.6. The van der Waals surface area contributed by atoms with Crippen molar-refractivity contribution in [1.82, 2.24) is 9.80 Å². The van der Waals surface area contributed by atoms with Crippen molar-refractivity contribution in [2.75, 3.05) is 0 Å². The van der Waals surface area contributed by atoms with E-state index in [1.165, 1.54) is 9.80 Å². The van der Waals surface area contributed by atoms with Gasteiger partial charge in [-0.3, -0.25) is 29.0 Å². The summed E-state index contributed by atoms with van der Waals surface area (Å²) in [6, 6.07) is 30.2. The third-order valence-electron chi connectivity index (χ3n) is 10.5. The second-order valence-electron chi connectivity index (χ2n) is 12.7. The number of nitrogens with zero attached hydrogens (tertiary/aromatic N) is 2. The molecule has 2 saturated heterocycles. The number of benzene rings is 4. The van der Waals surface area contributed by atoms with Gasteiger partial charge in [0.25, 0.3) is 0 Å². The monoisotopic (exact) mass is 596 g/mol. The predicted molar refractivity (Wildman–Crippen MR) is 167 cm³/mol. The van der Waals surface area contributed by atoms with Crippen LogP contribution < -0.4 is 0 Å². The van der Waals surface area contributed by atoms with Crippen LogP contribution in [-0.4, -0.2) is 38.5 Å². The highest BCUT2D eigenvalue weighted by molar-refractivity contribution is 6.08. The van der Waals surface area contributed by atoms with Crippen LogP contribution in [0.1, 0.15) is 35.4 Å². The molecule has 2 heterocycles. The van der Waals surface area contributed by atoms with Gasteiger partial charge < -0.3 is 5.11 Å². The van der Waals surface area contributed by atoms with Crippen LogP contribution in [-0.2, 0) is 32.3 Å². The maximum absolute atomic E-state index is 14.3. The van der Waals surface area contributed by atoms with E-state index in [0.717, 1.165) is 27.5 Å². The van der Waals surface area contributed by atoms with Crippen LogP contribution in [0.2, 0.25) is 0 Å². The Bertz CT molecular complexity index is 1900. The highest BCUT2D eigenvalue weighted by atomic mass is 16.3. The molecular weight excluding hydrogens is 564 g/mol. The Kier molecular flexibility index (Phi) is 6.45. The van der Waals surface area contributed by atoms with E-state index in [4.69, 9.17) is 0 Å². The number of amides is 4. The van der Waals surface area contributed by atoms with Gasteiger partial charge in [0.2, 0.25) is 23.6 Å². The number of hydrogen-bond donors (Lipinski definition) is 1. The molecule has 8 rings (SSSR count). The molecule has 4 aliphatic rings. The van der Waals surface area contributed by atoms with Crippen molar-refractivity contribution in [2.24, 2.45) is 29.6 Å². The van der Waals surface area contributed by atoms with Crippen LogP contribution in [0, 0.1) is 29.6 Å². The van der Waals surface area contributed by atoms with Crippen LogP contribution in [0.4, 0.5) is 0 Å². The number of rotatable bonds is 5. The molecule has 3 fully saturated rings. The summed E-state index contributed by atoms with van der Waals surface area (Å²) in [6.07, 6.45) is 2.72. The number of hydrogen-bond acceptors (Lipinski definition) is 5. The molecule has 6 atom stereocenters. The van der Waals surface area contributed by atoms with Crippen molar-refractivity contribution in [3.05, 3.63) is 125 Å². The molecule has 224 valence electrons. The number of aromatic hydroxyl groups is 1. The first-order chi connectivity index (χ1) is 21.9. The quantitative estimate of drug-likeness (QED) is 0.240. The van der Waals surface area contributed by atoms with Crippen LogP contribution in [0.3, 0.4) is 0 Å². The largest absolute Gasteiger partial charge is 0.508 e. The predicted octanol–water partition coefficient (Wildman–Crippen LogP) is 5.58. The van der Waals surface area contributed by atoms with Gasteiger partial charge >= 0.3 is 0 Å². The van der Waals surface area contributed by atoms with Crippen LogP contribution >= 0.6 is 0 Å². The summed E-state index contributed by atoms with van der Waals surface area (Å²) >= 11 is 0. The molecule has 0 bridgehead atoms. The van der Waals surface area contributed by atoms with Gasteiger partial charge in [0, 0.05) is 11.5 Å². The molecule has 45 heavy (non-hydrogen) atoms. The molecule has 1 saturated carbocycles. The van der Waals surface area contributed by atoms with E-state index >= 15 is 0 Å². The van der Waals surface area contributed by atoms with E-state index in [1.54, 1.807) is 6.07 Å². The number of carbonyl (C=O) groups excluding carboxylic acids is 4. The minimum absolute atomic E-state index is 0.0578. The molecule has 2 aliphatic carbocycles. The summed E-state index contributed by atoms with van der Waals surface area (Å²) in [5.74, 6) is -4.39. The third-order valence-corrected chi connectivity index (χ3v) is 10.5. The van der Waals surface area contributed by atoms with Crippen LogP contribution in [0.25, 0.3) is 10.8 Å². The minimum Gasteiger partial charge on any atom is -0.508 e. The third kappa shape index (κ3) is 4.25. The lowest BCUT2D eigenvalue weighted by Crippen LogP contribution is -2.43. The fraction of sp³-hybridized carbons (Fsp3) is 0.263. The summed E-state index contributed by atoms with van der Waals surface area (Å²) in [6.45, 7) is 0.368. The number of phenolic OH excluding ortho intramolecular Hbond substituents is 1. The average Bonchev–Trinajstić information content (AvgIpc) is 3.45. The Morgan fingerprint density at radius 1 is 0.600 bits per heavy atom. The van der Waals surface area contributed by atoms with Gasteiger partial charge in [-0.25, -0.2) is 0 Å². The number of fused-ring (bicyclic) bond motifs is 5. The van der Waals surface area contributed by atoms with Crippen molar-refractivity contribution in [2.45, 2.75) is 31.8 Å². The van der Waals surface area contributed by atoms with Crippen molar-refractivity contribution in [1.29, 1.82) is 0 Å². The summed E-state index contributed by atoms with van der Waals surface area (Å²) in [5.41, 5.74) is 3.22. The number of phenols is 1. The zero-order chi connectivity index (χ0) is 30.8. The molecule has 7 heteroatoms. The van der Waals surface area contributed by atoms with Gasteiger partial charge in [0.15, 0.2) is 0 Å². The Hall–Kier alpha value is -5.04. The van der Waals surface area contributed by atoms with E-state index in [1.807, 2.05) is 97.1 Å². The first-order valence-corrected chi connectivity index (χ1v) is 15.6. The zero-order valence-electron chi connectivity index (χ0n) is 24.6. The number of imide groups is 2. The normalized spacial score (nSPS) is 27.4. The van der Waals surface area contributed by atoms with Gasteiger partial charge in [0.05, 0.1) is 36.8 Å². The topological polar surface area (TPSA) is 95.0 Å². The maximum atomic E-state index is 14.3. The molecule has 0 radical (unpaired) electrons.